The van der Waals surface area contributed by atoms with Crippen molar-refractivity contribution in [1.29, 1.82) is 0 Å². The van der Waals surface area contributed by atoms with Gasteiger partial charge in [0, 0.05) is 18.0 Å². The van der Waals surface area contributed by atoms with Gasteiger partial charge >= 0.3 is 0 Å². The number of ether oxygens (including phenoxy) is 2. The topological polar surface area (TPSA) is 47.6 Å². The fourth-order valence-electron chi connectivity index (χ4n) is 3.36. The van der Waals surface area contributed by atoms with Crippen LogP contribution in [0.3, 0.4) is 0 Å². The quantitative estimate of drug-likeness (QED) is 0.929. The van der Waals surface area contributed by atoms with Gasteiger partial charge in [0.1, 0.15) is 5.60 Å². The van der Waals surface area contributed by atoms with Crippen LogP contribution in [0.1, 0.15) is 51.5 Å². The van der Waals surface area contributed by atoms with E-state index in [2.05, 4.69) is 25.2 Å². The van der Waals surface area contributed by atoms with Gasteiger partial charge in [-0.15, -0.1) is 0 Å². The second-order valence-corrected chi connectivity index (χ2v) is 6.97. The number of amides is 1. The van der Waals surface area contributed by atoms with E-state index in [1.54, 1.807) is 0 Å². The van der Waals surface area contributed by atoms with E-state index in [1.807, 2.05) is 12.1 Å². The molecule has 1 amide bonds. The van der Waals surface area contributed by atoms with Crippen molar-refractivity contribution in [2.75, 3.05) is 6.61 Å². The van der Waals surface area contributed by atoms with Crippen LogP contribution in [0.25, 0.3) is 0 Å². The van der Waals surface area contributed by atoms with Crippen LogP contribution in [-0.2, 0) is 11.2 Å². The standard InChI is InChI=1S/C18H25NO3/c1-18(2)11-13-7-6-10-15(17(13)22-18)21-12-16(20)19-14-8-4-3-5-9-14/h6-7,10,14H,3-5,8-9,11-12H2,1-2H3,(H,19,20). The fourth-order valence-corrected chi connectivity index (χ4v) is 3.36. The average molecular weight is 303 g/mol. The van der Waals surface area contributed by atoms with Gasteiger partial charge < -0.3 is 14.8 Å². The average Bonchev–Trinajstić information content (AvgIpc) is 2.80. The Balaban J connectivity index is 1.56. The third-order valence-corrected chi connectivity index (χ3v) is 4.38. The molecule has 1 aliphatic heterocycles. The summed E-state index contributed by atoms with van der Waals surface area (Å²) in [5.41, 5.74) is 0.946. The van der Waals surface area contributed by atoms with Gasteiger partial charge in [0.25, 0.3) is 5.91 Å². The number of hydrogen-bond donors (Lipinski definition) is 1. The molecule has 22 heavy (non-hydrogen) atoms. The van der Waals surface area contributed by atoms with E-state index in [1.165, 1.54) is 19.3 Å². The molecule has 1 heterocycles. The summed E-state index contributed by atoms with van der Waals surface area (Å²) in [6.07, 6.45) is 6.75. The van der Waals surface area contributed by atoms with Crippen molar-refractivity contribution in [3.63, 3.8) is 0 Å². The van der Waals surface area contributed by atoms with E-state index >= 15 is 0 Å². The van der Waals surface area contributed by atoms with Crippen LogP contribution >= 0.6 is 0 Å². The lowest BCUT2D eigenvalue weighted by atomic mass is 9.95. The molecule has 0 aromatic heterocycles. The van der Waals surface area contributed by atoms with Gasteiger partial charge in [0.2, 0.25) is 0 Å². The molecule has 2 aliphatic rings. The first-order chi connectivity index (χ1) is 10.5. The van der Waals surface area contributed by atoms with E-state index in [4.69, 9.17) is 9.47 Å². The third kappa shape index (κ3) is 3.54. The lowest BCUT2D eigenvalue weighted by molar-refractivity contribution is -0.124. The molecule has 0 bridgehead atoms. The molecule has 0 radical (unpaired) electrons. The number of carbonyl (C=O) groups is 1. The molecule has 3 rings (SSSR count). The Bertz CT molecular complexity index is 547. The Labute approximate surface area is 132 Å². The van der Waals surface area contributed by atoms with Crippen LogP contribution in [0, 0.1) is 0 Å². The first-order valence-corrected chi connectivity index (χ1v) is 8.27. The predicted molar refractivity (Wildman–Crippen MR) is 85.4 cm³/mol. The van der Waals surface area contributed by atoms with Gasteiger partial charge in [0.05, 0.1) is 0 Å². The highest BCUT2D eigenvalue weighted by Crippen LogP contribution is 2.41. The van der Waals surface area contributed by atoms with Crippen molar-refractivity contribution in [2.45, 2.75) is 64.0 Å². The monoisotopic (exact) mass is 303 g/mol. The fraction of sp³-hybridized carbons (Fsp3) is 0.611. The highest BCUT2D eigenvalue weighted by atomic mass is 16.5. The highest BCUT2D eigenvalue weighted by molar-refractivity contribution is 5.78. The van der Waals surface area contributed by atoms with Gasteiger partial charge in [-0.05, 0) is 32.8 Å². The highest BCUT2D eigenvalue weighted by Gasteiger charge is 2.32. The first-order valence-electron chi connectivity index (χ1n) is 8.27. The van der Waals surface area contributed by atoms with Crippen LogP contribution in [-0.4, -0.2) is 24.2 Å². The summed E-state index contributed by atoms with van der Waals surface area (Å²) in [5, 5.41) is 3.07. The molecule has 1 N–H and O–H groups in total. The molecule has 1 fully saturated rings. The molecule has 1 aromatic rings. The Morgan fingerprint density at radius 3 is 2.86 bits per heavy atom. The summed E-state index contributed by atoms with van der Waals surface area (Å²) >= 11 is 0. The molecule has 0 saturated heterocycles. The number of hydrogen-bond acceptors (Lipinski definition) is 3. The summed E-state index contributed by atoms with van der Waals surface area (Å²) in [4.78, 5) is 12.0. The van der Waals surface area contributed by atoms with Crippen molar-refractivity contribution in [2.24, 2.45) is 0 Å². The predicted octanol–water partition coefficient (Wildman–Crippen LogP) is 3.23. The molecule has 1 aliphatic carbocycles. The number of carbonyl (C=O) groups excluding carboxylic acids is 1. The van der Waals surface area contributed by atoms with Crippen LogP contribution in [0.4, 0.5) is 0 Å². The first kappa shape index (κ1) is 15.2. The van der Waals surface area contributed by atoms with E-state index in [-0.39, 0.29) is 18.1 Å². The minimum Gasteiger partial charge on any atom is -0.483 e. The summed E-state index contributed by atoms with van der Waals surface area (Å²) < 4.78 is 11.7. The zero-order chi connectivity index (χ0) is 15.6. The van der Waals surface area contributed by atoms with Gasteiger partial charge in [-0.1, -0.05) is 31.4 Å². The maximum atomic E-state index is 12.0. The van der Waals surface area contributed by atoms with Crippen molar-refractivity contribution in [3.8, 4) is 11.5 Å². The maximum absolute atomic E-state index is 12.0. The van der Waals surface area contributed by atoms with E-state index in [0.717, 1.165) is 30.6 Å². The molecular weight excluding hydrogens is 278 g/mol. The van der Waals surface area contributed by atoms with Crippen LogP contribution in [0.2, 0.25) is 0 Å². The number of fused-ring (bicyclic) bond motifs is 1. The second-order valence-electron chi connectivity index (χ2n) is 6.97. The van der Waals surface area contributed by atoms with Gasteiger partial charge in [-0.3, -0.25) is 4.79 Å². The number of nitrogens with one attached hydrogen (secondary N) is 1. The van der Waals surface area contributed by atoms with Crippen LogP contribution in [0.15, 0.2) is 18.2 Å². The minimum atomic E-state index is -0.202. The molecule has 4 nitrogen and oxygen atoms in total. The number of benzene rings is 1. The smallest absolute Gasteiger partial charge is 0.258 e. The Hall–Kier alpha value is -1.71. The van der Waals surface area contributed by atoms with Crippen molar-refractivity contribution >= 4 is 5.91 Å². The third-order valence-electron chi connectivity index (χ3n) is 4.38. The molecule has 0 atom stereocenters. The molecular formula is C18H25NO3. The lowest BCUT2D eigenvalue weighted by Gasteiger charge is -2.23. The van der Waals surface area contributed by atoms with Crippen LogP contribution in [0.5, 0.6) is 11.5 Å². The molecule has 1 aromatic carbocycles. The van der Waals surface area contributed by atoms with Gasteiger partial charge in [-0.2, -0.15) is 0 Å². The molecule has 120 valence electrons. The molecule has 0 spiro atoms. The normalized spacial score (nSPS) is 20.1. The summed E-state index contributed by atoms with van der Waals surface area (Å²) in [6.45, 7) is 4.18. The lowest BCUT2D eigenvalue weighted by Crippen LogP contribution is -2.39. The van der Waals surface area contributed by atoms with Crippen molar-refractivity contribution in [3.05, 3.63) is 23.8 Å². The Morgan fingerprint density at radius 1 is 1.32 bits per heavy atom. The van der Waals surface area contributed by atoms with E-state index in [9.17, 15) is 4.79 Å². The SMILES string of the molecule is CC1(C)Cc2cccc(OCC(=O)NC3CCCCC3)c2O1. The molecule has 4 heteroatoms. The minimum absolute atomic E-state index is 0.0400. The Morgan fingerprint density at radius 2 is 2.09 bits per heavy atom. The van der Waals surface area contributed by atoms with Crippen molar-refractivity contribution < 1.29 is 14.3 Å². The van der Waals surface area contributed by atoms with Gasteiger partial charge in [-0.25, -0.2) is 0 Å². The zero-order valence-corrected chi connectivity index (χ0v) is 13.5. The van der Waals surface area contributed by atoms with Crippen LogP contribution < -0.4 is 14.8 Å². The van der Waals surface area contributed by atoms with E-state index < -0.39 is 0 Å². The van der Waals surface area contributed by atoms with E-state index in [0.29, 0.717) is 11.8 Å². The molecule has 0 unspecified atom stereocenters. The largest absolute Gasteiger partial charge is 0.483 e. The maximum Gasteiger partial charge on any atom is 0.258 e. The number of para-hydroxylation sites is 1. The zero-order valence-electron chi connectivity index (χ0n) is 13.5. The summed E-state index contributed by atoms with van der Waals surface area (Å²) in [5.74, 6) is 1.42. The number of rotatable bonds is 4. The van der Waals surface area contributed by atoms with Gasteiger partial charge in [0.15, 0.2) is 18.1 Å². The summed E-state index contributed by atoms with van der Waals surface area (Å²) in [6, 6.07) is 6.20. The Kier molecular flexibility index (Phi) is 4.27. The van der Waals surface area contributed by atoms with Crippen molar-refractivity contribution in [1.82, 2.24) is 5.32 Å². The second kappa shape index (κ2) is 6.19. The summed E-state index contributed by atoms with van der Waals surface area (Å²) in [7, 11) is 0. The molecule has 1 saturated carbocycles.